The quantitative estimate of drug-likeness (QED) is 0.662. The average Bonchev–Trinajstić information content (AvgIpc) is 2.37. The molecule has 1 nitrogen and oxygen atoms in total. The summed E-state index contributed by atoms with van der Waals surface area (Å²) < 4.78 is 2.50. The van der Waals surface area contributed by atoms with E-state index in [1.165, 1.54) is 19.3 Å². The SMILES string of the molecule is CCC[n+]1cc(CC)c(CC)c(CC)c1CC. The monoisotopic (exact) mass is 234 g/mol. The zero-order valence-electron chi connectivity index (χ0n) is 12.3. The van der Waals surface area contributed by atoms with Crippen LogP contribution in [-0.2, 0) is 32.2 Å². The average molecular weight is 234 g/mol. The molecular formula is C16H28N+. The van der Waals surface area contributed by atoms with E-state index in [0.717, 1.165) is 19.4 Å². The first kappa shape index (κ1) is 14.2. The Labute approximate surface area is 107 Å². The molecule has 0 amide bonds. The molecule has 0 saturated heterocycles. The van der Waals surface area contributed by atoms with Crippen molar-refractivity contribution in [2.45, 2.75) is 73.3 Å². The van der Waals surface area contributed by atoms with Gasteiger partial charge in [-0.2, -0.15) is 0 Å². The number of nitrogens with zero attached hydrogens (tertiary/aromatic N) is 1. The molecule has 0 bridgehead atoms. The zero-order chi connectivity index (χ0) is 12.8. The number of pyridine rings is 1. The number of hydrogen-bond acceptors (Lipinski definition) is 0. The Morgan fingerprint density at radius 2 is 1.47 bits per heavy atom. The highest BCUT2D eigenvalue weighted by Crippen LogP contribution is 2.19. The molecule has 0 unspecified atom stereocenters. The predicted molar refractivity (Wildman–Crippen MR) is 74.4 cm³/mol. The Balaban J connectivity index is 3.42. The summed E-state index contributed by atoms with van der Waals surface area (Å²) in [5, 5.41) is 0. The lowest BCUT2D eigenvalue weighted by Crippen LogP contribution is -2.40. The smallest absolute Gasteiger partial charge is 0.184 e. The molecule has 0 atom stereocenters. The first-order valence-electron chi connectivity index (χ1n) is 7.29. The van der Waals surface area contributed by atoms with Crippen molar-refractivity contribution in [1.29, 1.82) is 0 Å². The Hall–Kier alpha value is -0.850. The normalized spacial score (nSPS) is 10.9. The maximum atomic E-state index is 2.50. The minimum atomic E-state index is 1.15. The van der Waals surface area contributed by atoms with Crippen LogP contribution in [0.4, 0.5) is 0 Å². The summed E-state index contributed by atoms with van der Waals surface area (Å²) in [5.41, 5.74) is 6.33. The van der Waals surface area contributed by atoms with Crippen molar-refractivity contribution < 1.29 is 4.57 Å². The zero-order valence-corrected chi connectivity index (χ0v) is 12.3. The maximum absolute atomic E-state index is 2.50. The van der Waals surface area contributed by atoms with Crippen molar-refractivity contribution in [1.82, 2.24) is 0 Å². The highest BCUT2D eigenvalue weighted by molar-refractivity contribution is 5.34. The van der Waals surface area contributed by atoms with Crippen LogP contribution in [0.5, 0.6) is 0 Å². The van der Waals surface area contributed by atoms with Gasteiger partial charge >= 0.3 is 0 Å². The van der Waals surface area contributed by atoms with Crippen LogP contribution in [-0.4, -0.2) is 0 Å². The Bertz CT molecular complexity index is 366. The van der Waals surface area contributed by atoms with Gasteiger partial charge in [-0.15, -0.1) is 0 Å². The topological polar surface area (TPSA) is 3.88 Å². The highest BCUT2D eigenvalue weighted by Gasteiger charge is 2.19. The van der Waals surface area contributed by atoms with Gasteiger partial charge in [-0.25, -0.2) is 4.57 Å². The molecule has 0 radical (unpaired) electrons. The lowest BCUT2D eigenvalue weighted by Gasteiger charge is -2.14. The summed E-state index contributed by atoms with van der Waals surface area (Å²) >= 11 is 0. The van der Waals surface area contributed by atoms with E-state index in [2.05, 4.69) is 45.4 Å². The van der Waals surface area contributed by atoms with E-state index in [4.69, 9.17) is 0 Å². The molecule has 1 heterocycles. The molecule has 0 saturated carbocycles. The first-order valence-corrected chi connectivity index (χ1v) is 7.29. The number of aromatic nitrogens is 1. The molecule has 0 fully saturated rings. The third-order valence-electron chi connectivity index (χ3n) is 3.65. The van der Waals surface area contributed by atoms with Gasteiger partial charge in [0.1, 0.15) is 6.54 Å². The largest absolute Gasteiger partial charge is 0.202 e. The van der Waals surface area contributed by atoms with Gasteiger partial charge in [-0.05, 0) is 24.8 Å². The van der Waals surface area contributed by atoms with Gasteiger partial charge in [0.2, 0.25) is 0 Å². The third kappa shape index (κ3) is 2.88. The van der Waals surface area contributed by atoms with E-state index < -0.39 is 0 Å². The van der Waals surface area contributed by atoms with Crippen LogP contribution in [0, 0.1) is 0 Å². The van der Waals surface area contributed by atoms with Crippen LogP contribution in [0.15, 0.2) is 6.20 Å². The fourth-order valence-electron chi connectivity index (χ4n) is 2.90. The molecule has 0 aliphatic carbocycles. The van der Waals surface area contributed by atoms with E-state index in [1.807, 2.05) is 0 Å². The molecule has 1 rings (SSSR count). The second kappa shape index (κ2) is 6.78. The van der Waals surface area contributed by atoms with Gasteiger partial charge < -0.3 is 0 Å². The van der Waals surface area contributed by atoms with Crippen molar-refractivity contribution in [3.05, 3.63) is 28.6 Å². The van der Waals surface area contributed by atoms with Crippen LogP contribution in [0.3, 0.4) is 0 Å². The first-order chi connectivity index (χ1) is 8.23. The molecular weight excluding hydrogens is 206 g/mol. The highest BCUT2D eigenvalue weighted by atomic mass is 15.0. The summed E-state index contributed by atoms with van der Waals surface area (Å²) in [4.78, 5) is 0. The molecule has 1 aromatic heterocycles. The molecule has 0 N–H and O–H groups in total. The van der Waals surface area contributed by atoms with Gasteiger partial charge in [0.15, 0.2) is 11.9 Å². The molecule has 0 spiro atoms. The van der Waals surface area contributed by atoms with E-state index in [0.29, 0.717) is 0 Å². The standard InChI is InChI=1S/C16H28N/c1-6-11-17-12-13(7-2)14(8-3)15(9-4)16(17)10-5/h12H,6-11H2,1-5H3/q+1. The third-order valence-corrected chi connectivity index (χ3v) is 3.65. The Morgan fingerprint density at radius 1 is 0.824 bits per heavy atom. The van der Waals surface area contributed by atoms with Crippen LogP contribution in [0.2, 0.25) is 0 Å². The summed E-state index contributed by atoms with van der Waals surface area (Å²) in [6, 6.07) is 0. The van der Waals surface area contributed by atoms with Gasteiger partial charge in [-0.1, -0.05) is 34.6 Å². The van der Waals surface area contributed by atoms with Crippen LogP contribution in [0.25, 0.3) is 0 Å². The summed E-state index contributed by atoms with van der Waals surface area (Å²) in [6.45, 7) is 12.6. The van der Waals surface area contributed by atoms with E-state index >= 15 is 0 Å². The van der Waals surface area contributed by atoms with Gasteiger partial charge in [-0.3, -0.25) is 0 Å². The molecule has 1 heteroatoms. The van der Waals surface area contributed by atoms with Crippen molar-refractivity contribution >= 4 is 0 Å². The van der Waals surface area contributed by atoms with Crippen molar-refractivity contribution in [3.63, 3.8) is 0 Å². The van der Waals surface area contributed by atoms with Crippen molar-refractivity contribution in [2.24, 2.45) is 0 Å². The predicted octanol–water partition coefficient (Wildman–Crippen LogP) is 3.63. The van der Waals surface area contributed by atoms with Crippen molar-refractivity contribution in [2.75, 3.05) is 0 Å². The molecule has 0 aromatic carbocycles. The van der Waals surface area contributed by atoms with Crippen LogP contribution in [0.1, 0.15) is 63.4 Å². The van der Waals surface area contributed by atoms with Crippen LogP contribution >= 0.6 is 0 Å². The van der Waals surface area contributed by atoms with E-state index in [-0.39, 0.29) is 0 Å². The number of aryl methyl sites for hydroxylation is 2. The lowest BCUT2D eigenvalue weighted by atomic mass is 9.94. The second-order valence-corrected chi connectivity index (χ2v) is 4.67. The van der Waals surface area contributed by atoms with E-state index in [1.54, 1.807) is 22.4 Å². The minimum Gasteiger partial charge on any atom is -0.202 e. The Morgan fingerprint density at radius 3 is 1.88 bits per heavy atom. The maximum Gasteiger partial charge on any atom is 0.184 e. The summed E-state index contributed by atoms with van der Waals surface area (Å²) in [5.74, 6) is 0. The van der Waals surface area contributed by atoms with Gasteiger partial charge in [0.25, 0.3) is 0 Å². The molecule has 1 aromatic rings. The Kier molecular flexibility index (Phi) is 5.67. The molecule has 0 aliphatic rings. The molecule has 0 aliphatic heterocycles. The molecule has 17 heavy (non-hydrogen) atoms. The van der Waals surface area contributed by atoms with Gasteiger partial charge in [0, 0.05) is 24.0 Å². The van der Waals surface area contributed by atoms with E-state index in [9.17, 15) is 0 Å². The summed E-state index contributed by atoms with van der Waals surface area (Å²) in [7, 11) is 0. The van der Waals surface area contributed by atoms with Gasteiger partial charge in [0.05, 0.1) is 0 Å². The lowest BCUT2D eigenvalue weighted by molar-refractivity contribution is -0.704. The number of rotatable bonds is 6. The minimum absolute atomic E-state index is 1.15. The fourth-order valence-corrected chi connectivity index (χ4v) is 2.90. The van der Waals surface area contributed by atoms with Crippen molar-refractivity contribution in [3.8, 4) is 0 Å². The fraction of sp³-hybridized carbons (Fsp3) is 0.688. The summed E-state index contributed by atoms with van der Waals surface area (Å²) in [6.07, 6.45) is 8.27. The van der Waals surface area contributed by atoms with Crippen LogP contribution < -0.4 is 4.57 Å². The number of hydrogen-bond donors (Lipinski definition) is 0. The molecule has 96 valence electrons. The second-order valence-electron chi connectivity index (χ2n) is 4.67.